The van der Waals surface area contributed by atoms with E-state index in [0.29, 0.717) is 38.3 Å². The summed E-state index contributed by atoms with van der Waals surface area (Å²) in [5, 5.41) is 28.1. The first-order chi connectivity index (χ1) is 12.5. The van der Waals surface area contributed by atoms with Crippen LogP contribution < -0.4 is 4.74 Å². The van der Waals surface area contributed by atoms with E-state index in [1.54, 1.807) is 19.8 Å². The molecule has 1 aliphatic heterocycles. The van der Waals surface area contributed by atoms with Crippen LogP contribution in [0.1, 0.15) is 12.0 Å². The highest BCUT2D eigenvalue weighted by Crippen LogP contribution is 2.35. The number of carbonyl (C=O) groups is 1. The van der Waals surface area contributed by atoms with E-state index in [0.717, 1.165) is 5.56 Å². The van der Waals surface area contributed by atoms with Gasteiger partial charge in [0, 0.05) is 26.2 Å². The van der Waals surface area contributed by atoms with E-state index in [2.05, 4.69) is 15.1 Å². The van der Waals surface area contributed by atoms with Crippen LogP contribution in [0.5, 0.6) is 5.75 Å². The molecule has 0 unspecified atom stereocenters. The first-order valence-corrected chi connectivity index (χ1v) is 8.62. The Morgan fingerprint density at radius 1 is 1.35 bits per heavy atom. The number of methoxy groups -OCH3 is 1. The van der Waals surface area contributed by atoms with Gasteiger partial charge in [0.05, 0.1) is 13.2 Å². The largest absolute Gasteiger partial charge is 0.497 e. The summed E-state index contributed by atoms with van der Waals surface area (Å²) >= 11 is 0. The van der Waals surface area contributed by atoms with Gasteiger partial charge in [-0.05, 0) is 30.5 Å². The van der Waals surface area contributed by atoms with Crippen molar-refractivity contribution in [1.82, 2.24) is 19.7 Å². The van der Waals surface area contributed by atoms with Crippen LogP contribution in [0.4, 0.5) is 0 Å². The van der Waals surface area contributed by atoms with Crippen LogP contribution >= 0.6 is 0 Å². The number of aliphatic hydroxyl groups excluding tert-OH is 1. The second-order valence-corrected chi connectivity index (χ2v) is 6.77. The van der Waals surface area contributed by atoms with Crippen molar-refractivity contribution >= 4 is 5.97 Å². The van der Waals surface area contributed by atoms with Gasteiger partial charge in [0.25, 0.3) is 0 Å². The number of carboxylic acid groups (broad SMARTS) is 1. The fraction of sp³-hybridized carbons (Fsp3) is 0.500. The molecule has 1 aliphatic rings. The Morgan fingerprint density at radius 2 is 2.12 bits per heavy atom. The Morgan fingerprint density at radius 3 is 2.81 bits per heavy atom. The van der Waals surface area contributed by atoms with Crippen molar-refractivity contribution in [3.05, 3.63) is 42.5 Å². The first-order valence-electron chi connectivity index (χ1n) is 8.62. The lowest BCUT2D eigenvalue weighted by Gasteiger charge is -2.43. The van der Waals surface area contributed by atoms with Crippen LogP contribution in [0.25, 0.3) is 0 Å². The predicted molar refractivity (Wildman–Crippen MR) is 93.9 cm³/mol. The van der Waals surface area contributed by atoms with Crippen molar-refractivity contribution in [3.8, 4) is 5.75 Å². The standard InChI is InChI=1S/C18H24N4O4/c1-26-15-4-2-3-14(9-15)10-18(17(24)25)11-21(6-5-16(18)23)7-8-22-12-19-20-13-22/h2-4,9,12-13,16,23H,5-8,10-11H2,1H3,(H,24,25)/t16-,18-/m1/s1. The van der Waals surface area contributed by atoms with E-state index < -0.39 is 17.5 Å². The minimum atomic E-state index is -1.24. The summed E-state index contributed by atoms with van der Waals surface area (Å²) in [5.74, 6) is -0.292. The molecule has 2 N–H and O–H groups in total. The summed E-state index contributed by atoms with van der Waals surface area (Å²) in [5.41, 5.74) is -0.399. The molecule has 3 rings (SSSR count). The average molecular weight is 360 g/mol. The number of hydrogen-bond donors (Lipinski definition) is 2. The molecule has 140 valence electrons. The predicted octanol–water partition coefficient (Wildman–Crippen LogP) is 0.667. The molecule has 0 spiro atoms. The fourth-order valence-corrected chi connectivity index (χ4v) is 3.56. The number of benzene rings is 1. The van der Waals surface area contributed by atoms with Crippen molar-refractivity contribution in [1.29, 1.82) is 0 Å². The van der Waals surface area contributed by atoms with Gasteiger partial charge in [-0.15, -0.1) is 10.2 Å². The number of carboxylic acids is 1. The molecule has 1 aromatic carbocycles. The maximum Gasteiger partial charge on any atom is 0.313 e. The molecule has 8 nitrogen and oxygen atoms in total. The number of nitrogens with zero attached hydrogens (tertiary/aromatic N) is 4. The fourth-order valence-electron chi connectivity index (χ4n) is 3.56. The van der Waals surface area contributed by atoms with Crippen molar-refractivity contribution in [2.75, 3.05) is 26.7 Å². The maximum atomic E-state index is 12.2. The highest BCUT2D eigenvalue weighted by atomic mass is 16.5. The number of ether oxygens (including phenoxy) is 1. The van der Waals surface area contributed by atoms with E-state index in [9.17, 15) is 15.0 Å². The lowest BCUT2D eigenvalue weighted by molar-refractivity contribution is -0.163. The highest BCUT2D eigenvalue weighted by Gasteiger charge is 2.49. The van der Waals surface area contributed by atoms with Crippen molar-refractivity contribution < 1.29 is 19.7 Å². The molecular weight excluding hydrogens is 336 g/mol. The van der Waals surface area contributed by atoms with Gasteiger partial charge in [-0.1, -0.05) is 12.1 Å². The molecule has 0 saturated carbocycles. The summed E-state index contributed by atoms with van der Waals surface area (Å²) < 4.78 is 7.09. The third-order valence-corrected chi connectivity index (χ3v) is 5.08. The molecule has 0 bridgehead atoms. The molecule has 0 amide bonds. The van der Waals surface area contributed by atoms with Gasteiger partial charge in [-0.2, -0.15) is 0 Å². The molecule has 8 heteroatoms. The zero-order valence-corrected chi connectivity index (χ0v) is 14.8. The number of likely N-dealkylation sites (tertiary alicyclic amines) is 1. The summed E-state index contributed by atoms with van der Waals surface area (Å²) in [7, 11) is 1.58. The number of aliphatic carboxylic acids is 1. The normalized spacial score (nSPS) is 23.7. The van der Waals surface area contributed by atoms with Crippen LogP contribution in [0.2, 0.25) is 0 Å². The Bertz CT molecular complexity index is 737. The molecule has 2 atom stereocenters. The minimum Gasteiger partial charge on any atom is -0.497 e. The Labute approximate surface area is 152 Å². The summed E-state index contributed by atoms with van der Waals surface area (Å²) in [6.07, 6.45) is 3.07. The van der Waals surface area contributed by atoms with Crippen LogP contribution in [0, 0.1) is 5.41 Å². The third-order valence-electron chi connectivity index (χ3n) is 5.08. The molecule has 1 fully saturated rings. The monoisotopic (exact) mass is 360 g/mol. The molecule has 0 aliphatic carbocycles. The molecule has 1 saturated heterocycles. The topological polar surface area (TPSA) is 101 Å². The van der Waals surface area contributed by atoms with E-state index in [1.807, 2.05) is 28.8 Å². The SMILES string of the molecule is COc1cccc(C[C@@]2(C(=O)O)CN(CCn3cnnc3)CC[C@H]2O)c1. The minimum absolute atomic E-state index is 0.254. The van der Waals surface area contributed by atoms with Crippen LogP contribution in [-0.4, -0.2) is 68.7 Å². The van der Waals surface area contributed by atoms with E-state index in [-0.39, 0.29) is 6.42 Å². The van der Waals surface area contributed by atoms with Gasteiger partial charge in [0.2, 0.25) is 0 Å². The van der Waals surface area contributed by atoms with Gasteiger partial charge >= 0.3 is 5.97 Å². The van der Waals surface area contributed by atoms with E-state index >= 15 is 0 Å². The maximum absolute atomic E-state index is 12.2. The van der Waals surface area contributed by atoms with E-state index in [1.165, 1.54) is 0 Å². The number of piperidine rings is 1. The number of rotatable bonds is 7. The van der Waals surface area contributed by atoms with Gasteiger partial charge in [-0.25, -0.2) is 0 Å². The summed E-state index contributed by atoms with van der Waals surface area (Å²) in [4.78, 5) is 14.3. The number of hydrogen-bond acceptors (Lipinski definition) is 6. The Hall–Kier alpha value is -2.45. The zero-order valence-electron chi connectivity index (χ0n) is 14.8. The van der Waals surface area contributed by atoms with Gasteiger partial charge in [0.1, 0.15) is 23.8 Å². The molecule has 26 heavy (non-hydrogen) atoms. The van der Waals surface area contributed by atoms with Crippen LogP contribution in [0.15, 0.2) is 36.9 Å². The van der Waals surface area contributed by atoms with E-state index in [4.69, 9.17) is 4.74 Å². The molecule has 2 aromatic rings. The average Bonchev–Trinajstić information content (AvgIpc) is 3.16. The quantitative estimate of drug-likeness (QED) is 0.748. The smallest absolute Gasteiger partial charge is 0.313 e. The Kier molecular flexibility index (Phi) is 5.53. The molecular formula is C18H24N4O4. The summed E-state index contributed by atoms with van der Waals surface area (Å²) in [6.45, 7) is 2.31. The number of aromatic nitrogens is 3. The Balaban J connectivity index is 1.76. The molecule has 2 heterocycles. The molecule has 1 aromatic heterocycles. The highest BCUT2D eigenvalue weighted by molar-refractivity contribution is 5.76. The van der Waals surface area contributed by atoms with Gasteiger partial charge in [0.15, 0.2) is 0 Å². The lowest BCUT2D eigenvalue weighted by atomic mass is 9.73. The van der Waals surface area contributed by atoms with Crippen molar-refractivity contribution in [2.24, 2.45) is 5.41 Å². The second kappa shape index (κ2) is 7.84. The van der Waals surface area contributed by atoms with Crippen LogP contribution in [-0.2, 0) is 17.8 Å². The molecule has 0 radical (unpaired) electrons. The van der Waals surface area contributed by atoms with Gasteiger partial charge < -0.3 is 24.4 Å². The number of aliphatic hydroxyl groups is 1. The zero-order chi connectivity index (χ0) is 18.6. The first kappa shape index (κ1) is 18.3. The van der Waals surface area contributed by atoms with Crippen molar-refractivity contribution in [2.45, 2.75) is 25.5 Å². The summed E-state index contributed by atoms with van der Waals surface area (Å²) in [6, 6.07) is 7.35. The second-order valence-electron chi connectivity index (χ2n) is 6.77. The van der Waals surface area contributed by atoms with Gasteiger partial charge in [-0.3, -0.25) is 4.79 Å². The third kappa shape index (κ3) is 3.86. The van der Waals surface area contributed by atoms with Crippen LogP contribution in [0.3, 0.4) is 0 Å². The lowest BCUT2D eigenvalue weighted by Crippen LogP contribution is -2.57. The van der Waals surface area contributed by atoms with Crippen molar-refractivity contribution in [3.63, 3.8) is 0 Å².